The first-order chi connectivity index (χ1) is 18.6. The second-order valence-electron chi connectivity index (χ2n) is 8.46. The number of nitrogens with zero attached hydrogens (tertiary/aromatic N) is 4. The van der Waals surface area contributed by atoms with Crippen LogP contribution >= 0.6 is 7.05 Å². The summed E-state index contributed by atoms with van der Waals surface area (Å²) < 4.78 is 6.15. The summed E-state index contributed by atoms with van der Waals surface area (Å²) in [5.41, 5.74) is -0.0400. The lowest BCUT2D eigenvalue weighted by Crippen LogP contribution is -2.31. The summed E-state index contributed by atoms with van der Waals surface area (Å²) in [7, 11) is -2.85. The standard InChI is InChI=1S/C31H22N5OP/c32-21-27-29(23-13-5-1-6-14-23)28(22-33)31(37)36(34)30(27)35-38(24-15-7-2-8-16-24,25-17-9-3-10-18-25)26-19-11-4-12-20-26/h1-20H,34H2. The minimum absolute atomic E-state index is 0.0280. The molecule has 38 heavy (non-hydrogen) atoms. The van der Waals surface area contributed by atoms with Gasteiger partial charge in [-0.15, -0.1) is 0 Å². The molecule has 0 fully saturated rings. The van der Waals surface area contributed by atoms with E-state index in [0.29, 0.717) is 5.56 Å². The van der Waals surface area contributed by atoms with Crippen molar-refractivity contribution in [1.29, 1.82) is 10.5 Å². The van der Waals surface area contributed by atoms with Gasteiger partial charge in [0, 0.05) is 21.5 Å². The van der Waals surface area contributed by atoms with Crippen LogP contribution in [0.25, 0.3) is 11.1 Å². The van der Waals surface area contributed by atoms with Crippen LogP contribution < -0.4 is 27.3 Å². The minimum Gasteiger partial charge on any atom is -0.334 e. The zero-order valence-corrected chi connectivity index (χ0v) is 21.2. The van der Waals surface area contributed by atoms with Gasteiger partial charge in [0.1, 0.15) is 23.3 Å². The molecule has 6 nitrogen and oxygen atoms in total. The van der Waals surface area contributed by atoms with Crippen molar-refractivity contribution >= 4 is 28.8 Å². The number of rotatable bonds is 5. The predicted molar refractivity (Wildman–Crippen MR) is 153 cm³/mol. The molecule has 4 aromatic carbocycles. The van der Waals surface area contributed by atoms with Crippen LogP contribution in [0.4, 0.5) is 5.82 Å². The van der Waals surface area contributed by atoms with Crippen LogP contribution in [-0.2, 0) is 0 Å². The first kappa shape index (κ1) is 24.5. The average Bonchev–Trinajstić information content (AvgIpc) is 2.99. The van der Waals surface area contributed by atoms with Gasteiger partial charge in [0.2, 0.25) is 0 Å². The van der Waals surface area contributed by atoms with E-state index in [2.05, 4.69) is 6.07 Å². The van der Waals surface area contributed by atoms with Gasteiger partial charge in [-0.05, 0) is 5.56 Å². The van der Waals surface area contributed by atoms with Gasteiger partial charge in [-0.25, -0.2) is 9.42 Å². The van der Waals surface area contributed by atoms with Crippen LogP contribution in [0.15, 0.2) is 131 Å². The largest absolute Gasteiger partial charge is 0.334 e. The van der Waals surface area contributed by atoms with Crippen molar-refractivity contribution in [2.45, 2.75) is 0 Å². The van der Waals surface area contributed by atoms with Crippen LogP contribution in [0.3, 0.4) is 0 Å². The molecule has 5 rings (SSSR count). The van der Waals surface area contributed by atoms with Crippen molar-refractivity contribution in [1.82, 2.24) is 4.68 Å². The number of hydrogen-bond donors (Lipinski definition) is 1. The number of benzene rings is 4. The zero-order chi connectivity index (χ0) is 26.5. The number of nitriles is 2. The highest BCUT2D eigenvalue weighted by Crippen LogP contribution is 2.50. The van der Waals surface area contributed by atoms with E-state index in [4.69, 9.17) is 10.6 Å². The van der Waals surface area contributed by atoms with Crippen LogP contribution in [0, 0.1) is 22.7 Å². The molecule has 0 amide bonds. The molecule has 0 saturated carbocycles. The fraction of sp³-hybridized carbons (Fsp3) is 0. The highest BCUT2D eigenvalue weighted by molar-refractivity contribution is 7.87. The lowest BCUT2D eigenvalue weighted by atomic mass is 9.97. The monoisotopic (exact) mass is 511 g/mol. The second-order valence-corrected chi connectivity index (χ2v) is 11.5. The summed E-state index contributed by atoms with van der Waals surface area (Å²) in [6.45, 7) is 0. The molecular weight excluding hydrogens is 489 g/mol. The molecule has 0 atom stereocenters. The van der Waals surface area contributed by atoms with E-state index in [1.54, 1.807) is 24.3 Å². The van der Waals surface area contributed by atoms with Gasteiger partial charge in [0.15, 0.2) is 5.82 Å². The minimum atomic E-state index is -2.85. The molecule has 2 N–H and O–H groups in total. The molecular formula is C31H22N5OP. The topological polar surface area (TPSA) is 108 Å². The molecule has 0 aliphatic heterocycles. The lowest BCUT2D eigenvalue weighted by molar-refractivity contribution is 0.927. The first-order valence-corrected chi connectivity index (χ1v) is 13.6. The third-order valence-corrected chi connectivity index (χ3v) is 9.93. The lowest BCUT2D eigenvalue weighted by Gasteiger charge is -2.27. The Labute approximate surface area is 220 Å². The number of nitrogen functional groups attached to an aromatic ring is 1. The van der Waals surface area contributed by atoms with Gasteiger partial charge in [0.25, 0.3) is 5.56 Å². The summed E-state index contributed by atoms with van der Waals surface area (Å²) in [5.74, 6) is 6.38. The van der Waals surface area contributed by atoms with Gasteiger partial charge in [0.05, 0.1) is 7.05 Å². The van der Waals surface area contributed by atoms with Gasteiger partial charge < -0.3 is 5.84 Å². The molecule has 1 heterocycles. The number of aromatic nitrogens is 1. The van der Waals surface area contributed by atoms with E-state index >= 15 is 0 Å². The Hall–Kier alpha value is -5.16. The fourth-order valence-electron chi connectivity index (χ4n) is 4.58. The van der Waals surface area contributed by atoms with Crippen molar-refractivity contribution in [2.24, 2.45) is 4.74 Å². The van der Waals surface area contributed by atoms with Crippen LogP contribution in [-0.4, -0.2) is 4.68 Å². The second kappa shape index (κ2) is 10.4. The Morgan fingerprint density at radius 3 is 1.42 bits per heavy atom. The molecule has 7 heteroatoms. The van der Waals surface area contributed by atoms with Crippen molar-refractivity contribution in [3.05, 3.63) is 143 Å². The molecule has 0 bridgehead atoms. The van der Waals surface area contributed by atoms with Crippen LogP contribution in [0.2, 0.25) is 0 Å². The summed E-state index contributed by atoms with van der Waals surface area (Å²) in [5, 5.41) is 23.1. The average molecular weight is 512 g/mol. The third-order valence-electron chi connectivity index (χ3n) is 6.30. The normalized spacial score (nSPS) is 10.8. The molecule has 1 aromatic heterocycles. The fourth-order valence-corrected chi connectivity index (χ4v) is 8.11. The molecule has 0 radical (unpaired) electrons. The van der Waals surface area contributed by atoms with Gasteiger partial charge in [-0.1, -0.05) is 121 Å². The van der Waals surface area contributed by atoms with E-state index in [0.717, 1.165) is 20.6 Å². The molecule has 0 aliphatic rings. The van der Waals surface area contributed by atoms with Crippen LogP contribution in [0.1, 0.15) is 11.1 Å². The summed E-state index contributed by atoms with van der Waals surface area (Å²) in [6.07, 6.45) is 0. The van der Waals surface area contributed by atoms with Gasteiger partial charge >= 0.3 is 0 Å². The van der Waals surface area contributed by atoms with E-state index in [-0.39, 0.29) is 22.5 Å². The first-order valence-electron chi connectivity index (χ1n) is 11.8. The molecule has 0 spiro atoms. The van der Waals surface area contributed by atoms with E-state index in [9.17, 15) is 15.3 Å². The zero-order valence-electron chi connectivity index (χ0n) is 20.3. The Morgan fingerprint density at radius 1 is 0.632 bits per heavy atom. The molecule has 182 valence electrons. The molecule has 0 aliphatic carbocycles. The van der Waals surface area contributed by atoms with Gasteiger partial charge in [-0.2, -0.15) is 10.5 Å². The Kier molecular flexibility index (Phi) is 6.74. The van der Waals surface area contributed by atoms with E-state index in [1.807, 2.05) is 103 Å². The quantitative estimate of drug-likeness (QED) is 0.271. The van der Waals surface area contributed by atoms with E-state index < -0.39 is 12.6 Å². The maximum atomic E-state index is 13.4. The third kappa shape index (κ3) is 4.10. The van der Waals surface area contributed by atoms with Gasteiger partial charge in [-0.3, -0.25) is 4.79 Å². The SMILES string of the molecule is N#Cc1c(-c2ccccc2)c(C#N)c(=O)n(N)c1N=P(c1ccccc1)(c1ccccc1)c1ccccc1. The number of hydrogen-bond acceptors (Lipinski definition) is 5. The maximum Gasteiger partial charge on any atom is 0.289 e. The maximum absolute atomic E-state index is 13.4. The van der Waals surface area contributed by atoms with Crippen molar-refractivity contribution in [3.8, 4) is 23.3 Å². The Morgan fingerprint density at radius 2 is 1.03 bits per heavy atom. The summed E-state index contributed by atoms with van der Waals surface area (Å²) >= 11 is 0. The highest BCUT2D eigenvalue weighted by Gasteiger charge is 2.30. The van der Waals surface area contributed by atoms with E-state index in [1.165, 1.54) is 0 Å². The summed E-state index contributed by atoms with van der Waals surface area (Å²) in [6, 6.07) is 42.6. The summed E-state index contributed by atoms with van der Waals surface area (Å²) in [4.78, 5) is 13.4. The molecule has 5 aromatic rings. The number of pyridine rings is 1. The Bertz CT molecular complexity index is 1700. The molecule has 0 unspecified atom stereocenters. The smallest absolute Gasteiger partial charge is 0.289 e. The highest BCUT2D eigenvalue weighted by atomic mass is 31.2. The Balaban J connectivity index is 2.03. The van der Waals surface area contributed by atoms with Crippen molar-refractivity contribution in [2.75, 3.05) is 5.84 Å². The number of nitrogens with two attached hydrogens (primary N) is 1. The predicted octanol–water partition coefficient (Wildman–Crippen LogP) is 4.78. The van der Waals surface area contributed by atoms with Crippen molar-refractivity contribution in [3.63, 3.8) is 0 Å². The molecule has 0 saturated heterocycles. The van der Waals surface area contributed by atoms with Crippen LogP contribution in [0.5, 0.6) is 0 Å². The van der Waals surface area contributed by atoms with Crippen molar-refractivity contribution < 1.29 is 0 Å².